The van der Waals surface area contributed by atoms with Crippen molar-refractivity contribution in [3.8, 4) is 0 Å². The van der Waals surface area contributed by atoms with Gasteiger partial charge in [-0.15, -0.1) is 0 Å². The number of nitrogens with one attached hydrogen (secondary N) is 1. The molecule has 11 N–H and O–H groups in total. The van der Waals surface area contributed by atoms with E-state index in [1.807, 2.05) is 0 Å². The van der Waals surface area contributed by atoms with Gasteiger partial charge in [0.25, 0.3) is 0 Å². The molecule has 37 heavy (non-hydrogen) atoms. The third-order valence-corrected chi connectivity index (χ3v) is 6.48. The molecule has 17 nitrogen and oxygen atoms in total. The molecule has 0 aliphatic carbocycles. The Kier molecular flexibility index (Phi) is 10.5. The quantitative estimate of drug-likeness (QED) is 0.135. The van der Waals surface area contributed by atoms with Gasteiger partial charge in [0.1, 0.15) is 73.2 Å². The number of rotatable bonds is 8. The van der Waals surface area contributed by atoms with E-state index in [2.05, 4.69) is 5.32 Å². The Morgan fingerprint density at radius 2 is 1.22 bits per heavy atom. The molecule has 0 aromatic rings. The van der Waals surface area contributed by atoms with E-state index in [4.69, 9.17) is 23.7 Å². The summed E-state index contributed by atoms with van der Waals surface area (Å²) in [5, 5.41) is 103. The molecule has 0 saturated carbocycles. The average molecular weight is 545 g/mol. The lowest BCUT2D eigenvalue weighted by Gasteiger charge is -2.47. The molecule has 1 amide bonds. The SMILES string of the molecule is CC(=O)N[C@@H]1C(O)O[C@H](CO[C@@H]2O[C@H](CO)[C@H](O)[C@H](O)[C@H]2O)[C@@H](O[C@@H]2O[C@H](CO)[C@H](O)[C@H](O)[C@H]2O)[C@@H]1O. The minimum absolute atomic E-state index is 0.619. The van der Waals surface area contributed by atoms with Crippen molar-refractivity contribution in [2.75, 3.05) is 19.8 Å². The van der Waals surface area contributed by atoms with Crippen LogP contribution < -0.4 is 5.32 Å². The first-order valence-corrected chi connectivity index (χ1v) is 11.6. The zero-order valence-electron chi connectivity index (χ0n) is 19.7. The van der Waals surface area contributed by atoms with Crippen LogP contribution in [0.5, 0.6) is 0 Å². The summed E-state index contributed by atoms with van der Waals surface area (Å²) < 4.78 is 27.0. The van der Waals surface area contributed by atoms with Gasteiger partial charge in [-0.2, -0.15) is 0 Å². The maximum absolute atomic E-state index is 11.6. The monoisotopic (exact) mass is 545 g/mol. The summed E-state index contributed by atoms with van der Waals surface area (Å²) in [5.74, 6) is -0.644. The largest absolute Gasteiger partial charge is 0.394 e. The summed E-state index contributed by atoms with van der Waals surface area (Å²) in [4.78, 5) is 11.6. The first-order valence-electron chi connectivity index (χ1n) is 11.6. The standard InChI is InChI=1S/C20H35NO16/c1-5(24)21-9-12(27)17(37-20-16(31)14(29)11(26)7(3-23)36-20)8(34-18(9)32)4-33-19-15(30)13(28)10(25)6(2-22)35-19/h6-20,22-23,25-32H,2-4H2,1H3,(H,21,24)/t6-,7-,8-,9+,10+,11+,12-,13+,14+,15-,16-,17-,18?,19-,20+/m1/s1. The summed E-state index contributed by atoms with van der Waals surface area (Å²) in [7, 11) is 0. The molecular formula is C20H35NO16. The molecule has 17 heteroatoms. The molecule has 3 heterocycles. The topological polar surface area (TPSA) is 278 Å². The van der Waals surface area contributed by atoms with Crippen LogP contribution in [0, 0.1) is 0 Å². The molecule has 3 rings (SSSR count). The molecule has 0 aromatic carbocycles. The van der Waals surface area contributed by atoms with E-state index in [9.17, 15) is 55.9 Å². The first kappa shape index (κ1) is 30.4. The predicted molar refractivity (Wildman–Crippen MR) is 113 cm³/mol. The van der Waals surface area contributed by atoms with Gasteiger partial charge in [-0.3, -0.25) is 4.79 Å². The van der Waals surface area contributed by atoms with Crippen molar-refractivity contribution in [3.63, 3.8) is 0 Å². The number of aliphatic hydroxyl groups is 10. The van der Waals surface area contributed by atoms with Gasteiger partial charge in [-0.1, -0.05) is 0 Å². The predicted octanol–water partition coefficient (Wildman–Crippen LogP) is -7.43. The van der Waals surface area contributed by atoms with Crippen molar-refractivity contribution in [2.24, 2.45) is 0 Å². The Morgan fingerprint density at radius 1 is 0.703 bits per heavy atom. The Hall–Kier alpha value is -1.13. The summed E-state index contributed by atoms with van der Waals surface area (Å²) in [6.45, 7) is -0.984. The molecule has 3 saturated heterocycles. The average Bonchev–Trinajstić information content (AvgIpc) is 2.86. The second kappa shape index (κ2) is 12.8. The summed E-state index contributed by atoms with van der Waals surface area (Å²) in [6.07, 6.45) is -23.0. The maximum atomic E-state index is 11.6. The van der Waals surface area contributed by atoms with Crippen LogP contribution in [0.25, 0.3) is 0 Å². The van der Waals surface area contributed by atoms with Gasteiger partial charge in [0.15, 0.2) is 18.9 Å². The van der Waals surface area contributed by atoms with Gasteiger partial charge in [0, 0.05) is 6.92 Å². The highest BCUT2D eigenvalue weighted by molar-refractivity contribution is 5.73. The van der Waals surface area contributed by atoms with Crippen LogP contribution in [0.2, 0.25) is 0 Å². The van der Waals surface area contributed by atoms with E-state index in [0.29, 0.717) is 0 Å². The van der Waals surface area contributed by atoms with E-state index in [-0.39, 0.29) is 0 Å². The fourth-order valence-corrected chi connectivity index (χ4v) is 4.36. The van der Waals surface area contributed by atoms with Crippen LogP contribution in [-0.4, -0.2) is 169 Å². The lowest BCUT2D eigenvalue weighted by atomic mass is 9.95. The summed E-state index contributed by atoms with van der Waals surface area (Å²) >= 11 is 0. The number of ether oxygens (including phenoxy) is 5. The van der Waals surface area contributed by atoms with Gasteiger partial charge < -0.3 is 80.1 Å². The van der Waals surface area contributed by atoms with Gasteiger partial charge in [-0.05, 0) is 0 Å². The van der Waals surface area contributed by atoms with Crippen LogP contribution in [0.1, 0.15) is 6.92 Å². The van der Waals surface area contributed by atoms with Crippen molar-refractivity contribution in [3.05, 3.63) is 0 Å². The first-order chi connectivity index (χ1) is 17.4. The highest BCUT2D eigenvalue weighted by Gasteiger charge is 2.52. The van der Waals surface area contributed by atoms with Crippen molar-refractivity contribution < 1.29 is 79.5 Å². The fourth-order valence-electron chi connectivity index (χ4n) is 4.36. The number of amides is 1. The van der Waals surface area contributed by atoms with Crippen molar-refractivity contribution >= 4 is 5.91 Å². The van der Waals surface area contributed by atoms with Gasteiger partial charge in [0.05, 0.1) is 19.8 Å². The second-order valence-electron chi connectivity index (χ2n) is 9.11. The number of hydrogen-bond donors (Lipinski definition) is 11. The summed E-state index contributed by atoms with van der Waals surface area (Å²) in [5.41, 5.74) is 0. The smallest absolute Gasteiger partial charge is 0.217 e. The van der Waals surface area contributed by atoms with Crippen molar-refractivity contribution in [1.29, 1.82) is 0 Å². The van der Waals surface area contributed by atoms with E-state index in [1.54, 1.807) is 0 Å². The number of carbonyl (C=O) groups excluding carboxylic acids is 1. The molecule has 1 unspecified atom stereocenters. The van der Waals surface area contributed by atoms with Crippen molar-refractivity contribution in [2.45, 2.75) is 99.0 Å². The van der Waals surface area contributed by atoms with Crippen LogP contribution in [0.3, 0.4) is 0 Å². The molecule has 216 valence electrons. The number of aliphatic hydroxyl groups excluding tert-OH is 10. The molecular weight excluding hydrogens is 510 g/mol. The normalized spacial score (nSPS) is 49.0. The minimum atomic E-state index is -1.86. The lowest BCUT2D eigenvalue weighted by Crippen LogP contribution is -2.67. The van der Waals surface area contributed by atoms with Gasteiger partial charge in [0.2, 0.25) is 5.91 Å². The van der Waals surface area contributed by atoms with Crippen LogP contribution in [-0.2, 0) is 28.5 Å². The Bertz CT molecular complexity index is 743. The number of hydrogen-bond acceptors (Lipinski definition) is 16. The molecule has 3 aliphatic rings. The van der Waals surface area contributed by atoms with E-state index >= 15 is 0 Å². The maximum Gasteiger partial charge on any atom is 0.217 e. The third-order valence-electron chi connectivity index (χ3n) is 6.48. The lowest BCUT2D eigenvalue weighted by molar-refractivity contribution is -0.353. The van der Waals surface area contributed by atoms with Crippen LogP contribution in [0.15, 0.2) is 0 Å². The molecule has 0 aromatic heterocycles. The Labute approximate surface area is 210 Å². The molecule has 15 atom stereocenters. The fraction of sp³-hybridized carbons (Fsp3) is 0.950. The van der Waals surface area contributed by atoms with Crippen LogP contribution >= 0.6 is 0 Å². The Balaban J connectivity index is 1.78. The molecule has 0 bridgehead atoms. The second-order valence-corrected chi connectivity index (χ2v) is 9.11. The molecule has 0 spiro atoms. The van der Waals surface area contributed by atoms with Crippen molar-refractivity contribution in [1.82, 2.24) is 5.32 Å². The van der Waals surface area contributed by atoms with E-state index in [0.717, 1.165) is 6.92 Å². The summed E-state index contributed by atoms with van der Waals surface area (Å²) in [6, 6.07) is -1.43. The number of carbonyl (C=O) groups is 1. The van der Waals surface area contributed by atoms with Crippen LogP contribution in [0.4, 0.5) is 0 Å². The Morgan fingerprint density at radius 3 is 1.73 bits per heavy atom. The van der Waals surface area contributed by atoms with Gasteiger partial charge in [-0.25, -0.2) is 0 Å². The highest BCUT2D eigenvalue weighted by atomic mass is 16.7. The molecule has 3 aliphatic heterocycles. The highest BCUT2D eigenvalue weighted by Crippen LogP contribution is 2.30. The zero-order chi connectivity index (χ0) is 27.6. The third kappa shape index (κ3) is 6.55. The molecule has 3 fully saturated rings. The zero-order valence-corrected chi connectivity index (χ0v) is 19.7. The molecule has 0 radical (unpaired) electrons. The van der Waals surface area contributed by atoms with E-state index in [1.165, 1.54) is 0 Å². The minimum Gasteiger partial charge on any atom is -0.394 e. The van der Waals surface area contributed by atoms with Gasteiger partial charge >= 0.3 is 0 Å². The van der Waals surface area contributed by atoms with E-state index < -0.39 is 118 Å².